The van der Waals surface area contributed by atoms with Crippen molar-refractivity contribution in [3.8, 4) is 5.75 Å². The van der Waals surface area contributed by atoms with E-state index in [1.165, 1.54) is 60.3 Å². The second-order valence-electron chi connectivity index (χ2n) is 9.23. The van der Waals surface area contributed by atoms with Gasteiger partial charge < -0.3 is 19.5 Å². The lowest BCUT2D eigenvalue weighted by Crippen LogP contribution is -2.60. The number of aromatic hydroxyl groups is 1. The highest BCUT2D eigenvalue weighted by Crippen LogP contribution is 2.47. The SMILES string of the molecule is COCC(COC)N1CN(C2c3cc(F)ccc3SCC3C=CC(F)=CC32)n2ccc(=O)c(O)c2C1=O. The molecule has 11 heteroatoms. The number of rotatable bonds is 6. The summed E-state index contributed by atoms with van der Waals surface area (Å²) in [6.07, 6.45) is 6.20. The molecule has 1 aromatic carbocycles. The highest BCUT2D eigenvalue weighted by molar-refractivity contribution is 7.99. The first kappa shape index (κ1) is 25.5. The lowest BCUT2D eigenvalue weighted by molar-refractivity contribution is 0.0188. The van der Waals surface area contributed by atoms with Crippen LogP contribution in [0, 0.1) is 17.7 Å². The molecule has 0 spiro atoms. The molecular weight excluding hydrogens is 504 g/mol. The maximum absolute atomic E-state index is 14.7. The van der Waals surface area contributed by atoms with E-state index in [-0.39, 0.29) is 31.5 Å². The van der Waals surface area contributed by atoms with Gasteiger partial charge in [-0.3, -0.25) is 19.3 Å². The Balaban J connectivity index is 1.73. The summed E-state index contributed by atoms with van der Waals surface area (Å²) < 4.78 is 41.4. The zero-order chi connectivity index (χ0) is 26.3. The molecule has 196 valence electrons. The van der Waals surface area contributed by atoms with Crippen molar-refractivity contribution >= 4 is 17.7 Å². The van der Waals surface area contributed by atoms with E-state index >= 15 is 0 Å². The van der Waals surface area contributed by atoms with Crippen molar-refractivity contribution in [3.05, 3.63) is 81.8 Å². The normalized spacial score (nSPS) is 22.9. The Hall–Kier alpha value is -3.15. The molecule has 3 aliphatic rings. The fraction of sp³-hybridized carbons (Fsp3) is 0.385. The Kier molecular flexibility index (Phi) is 7.11. The number of fused-ring (bicyclic) bond motifs is 3. The van der Waals surface area contributed by atoms with E-state index in [4.69, 9.17) is 9.47 Å². The van der Waals surface area contributed by atoms with Crippen molar-refractivity contribution in [1.29, 1.82) is 0 Å². The number of thioether (sulfide) groups is 1. The summed E-state index contributed by atoms with van der Waals surface area (Å²) >= 11 is 1.56. The number of benzene rings is 1. The third kappa shape index (κ3) is 4.55. The molecule has 3 heterocycles. The summed E-state index contributed by atoms with van der Waals surface area (Å²) in [5.74, 6) is -1.97. The molecule has 5 rings (SSSR count). The number of pyridine rings is 1. The molecule has 1 aliphatic carbocycles. The molecule has 3 unspecified atom stereocenters. The molecule has 0 saturated carbocycles. The smallest absolute Gasteiger partial charge is 0.278 e. The van der Waals surface area contributed by atoms with E-state index in [0.717, 1.165) is 4.90 Å². The second-order valence-corrected chi connectivity index (χ2v) is 10.3. The van der Waals surface area contributed by atoms with Gasteiger partial charge in [0.25, 0.3) is 5.91 Å². The van der Waals surface area contributed by atoms with E-state index in [9.17, 15) is 23.5 Å². The van der Waals surface area contributed by atoms with Crippen LogP contribution >= 0.6 is 11.8 Å². The summed E-state index contributed by atoms with van der Waals surface area (Å²) in [7, 11) is 3.00. The molecule has 3 atom stereocenters. The van der Waals surface area contributed by atoms with Crippen LogP contribution in [0.15, 0.2) is 64.2 Å². The molecule has 37 heavy (non-hydrogen) atoms. The third-order valence-corrected chi connectivity index (χ3v) is 8.24. The predicted molar refractivity (Wildman–Crippen MR) is 134 cm³/mol. The van der Waals surface area contributed by atoms with Crippen molar-refractivity contribution in [2.75, 3.05) is 44.9 Å². The number of carbonyl (C=O) groups is 1. The Labute approximate surface area is 216 Å². The summed E-state index contributed by atoms with van der Waals surface area (Å²) in [5, 5.41) is 12.5. The minimum absolute atomic E-state index is 0.000783. The lowest BCUT2D eigenvalue weighted by atomic mass is 9.80. The molecule has 1 aromatic heterocycles. The molecule has 0 radical (unpaired) electrons. The van der Waals surface area contributed by atoms with Crippen LogP contribution in [0.3, 0.4) is 0 Å². The molecule has 0 bridgehead atoms. The molecule has 0 fully saturated rings. The van der Waals surface area contributed by atoms with Gasteiger partial charge in [-0.1, -0.05) is 6.08 Å². The monoisotopic (exact) mass is 531 g/mol. The van der Waals surface area contributed by atoms with Crippen molar-refractivity contribution in [3.63, 3.8) is 0 Å². The summed E-state index contributed by atoms with van der Waals surface area (Å²) in [6, 6.07) is 4.52. The average Bonchev–Trinajstić information content (AvgIpc) is 3.02. The van der Waals surface area contributed by atoms with Crippen LogP contribution in [0.25, 0.3) is 0 Å². The van der Waals surface area contributed by atoms with E-state index < -0.39 is 46.7 Å². The van der Waals surface area contributed by atoms with Gasteiger partial charge in [-0.25, -0.2) is 8.78 Å². The first-order chi connectivity index (χ1) is 17.8. The van der Waals surface area contributed by atoms with Gasteiger partial charge in [-0.05, 0) is 41.8 Å². The minimum Gasteiger partial charge on any atom is -0.502 e. The fourth-order valence-corrected chi connectivity index (χ4v) is 6.52. The van der Waals surface area contributed by atoms with Crippen LogP contribution in [-0.4, -0.2) is 66.5 Å². The van der Waals surface area contributed by atoms with E-state index in [2.05, 4.69) is 0 Å². The minimum atomic E-state index is -0.705. The molecule has 0 saturated heterocycles. The van der Waals surface area contributed by atoms with Gasteiger partial charge >= 0.3 is 0 Å². The maximum atomic E-state index is 14.7. The van der Waals surface area contributed by atoms with Crippen molar-refractivity contribution < 1.29 is 28.2 Å². The average molecular weight is 532 g/mol. The largest absolute Gasteiger partial charge is 0.502 e. The van der Waals surface area contributed by atoms with Crippen LogP contribution in [0.4, 0.5) is 8.78 Å². The number of hydrogen-bond acceptors (Lipinski definition) is 7. The first-order valence-corrected chi connectivity index (χ1v) is 12.8. The number of aromatic nitrogens is 1. The first-order valence-electron chi connectivity index (χ1n) is 11.8. The van der Waals surface area contributed by atoms with Crippen LogP contribution in [0.2, 0.25) is 0 Å². The quantitative estimate of drug-likeness (QED) is 0.613. The van der Waals surface area contributed by atoms with E-state index in [0.29, 0.717) is 11.3 Å². The number of methoxy groups -OCH3 is 2. The second kappa shape index (κ2) is 10.3. The summed E-state index contributed by atoms with van der Waals surface area (Å²) in [6.45, 7) is 0.278. The van der Waals surface area contributed by atoms with Gasteiger partial charge in [0.05, 0.1) is 25.3 Å². The van der Waals surface area contributed by atoms with Crippen LogP contribution in [0.1, 0.15) is 22.1 Å². The number of nitrogens with zero attached hydrogens (tertiary/aromatic N) is 3. The van der Waals surface area contributed by atoms with Gasteiger partial charge in [0.15, 0.2) is 11.4 Å². The number of allylic oxidation sites excluding steroid dienone is 3. The maximum Gasteiger partial charge on any atom is 0.278 e. The van der Waals surface area contributed by atoms with Crippen molar-refractivity contribution in [1.82, 2.24) is 9.58 Å². The summed E-state index contributed by atoms with van der Waals surface area (Å²) in [4.78, 5) is 28.3. The Bertz CT molecular complexity index is 1320. The molecule has 1 amide bonds. The number of carbonyl (C=O) groups excluding carboxylic acids is 1. The molecular formula is C26H27F2N3O5S. The number of ether oxygens (including phenoxy) is 2. The van der Waals surface area contributed by atoms with Gasteiger partial charge in [0.1, 0.15) is 18.3 Å². The van der Waals surface area contributed by atoms with Crippen LogP contribution in [0.5, 0.6) is 5.75 Å². The Morgan fingerprint density at radius 2 is 1.92 bits per heavy atom. The molecule has 2 aliphatic heterocycles. The number of amides is 1. The van der Waals surface area contributed by atoms with Crippen molar-refractivity contribution in [2.24, 2.45) is 11.8 Å². The zero-order valence-electron chi connectivity index (χ0n) is 20.3. The lowest BCUT2D eigenvalue weighted by Gasteiger charge is -2.48. The van der Waals surface area contributed by atoms with Gasteiger partial charge in [-0.15, -0.1) is 11.8 Å². The predicted octanol–water partition coefficient (Wildman–Crippen LogP) is 3.21. The highest BCUT2D eigenvalue weighted by Gasteiger charge is 2.44. The Morgan fingerprint density at radius 1 is 1.16 bits per heavy atom. The molecule has 1 N–H and O–H groups in total. The molecule has 8 nitrogen and oxygen atoms in total. The molecule has 2 aromatic rings. The van der Waals surface area contributed by atoms with Gasteiger partial charge in [0, 0.05) is 43.0 Å². The third-order valence-electron chi connectivity index (χ3n) is 7.01. The topological polar surface area (TPSA) is 84.2 Å². The zero-order valence-corrected chi connectivity index (χ0v) is 21.2. The Morgan fingerprint density at radius 3 is 2.65 bits per heavy atom. The van der Waals surface area contributed by atoms with E-state index in [1.54, 1.807) is 22.8 Å². The summed E-state index contributed by atoms with van der Waals surface area (Å²) in [5.41, 5.74) is -0.299. The van der Waals surface area contributed by atoms with Gasteiger partial charge in [-0.2, -0.15) is 0 Å². The van der Waals surface area contributed by atoms with Gasteiger partial charge in [0.2, 0.25) is 5.43 Å². The fourth-order valence-electron chi connectivity index (χ4n) is 5.30. The van der Waals surface area contributed by atoms with Crippen LogP contribution < -0.4 is 10.4 Å². The van der Waals surface area contributed by atoms with E-state index in [1.807, 2.05) is 6.08 Å². The highest BCUT2D eigenvalue weighted by atomic mass is 32.2. The number of hydrogen-bond donors (Lipinski definition) is 1. The number of halogens is 2. The van der Waals surface area contributed by atoms with Crippen LogP contribution in [-0.2, 0) is 9.47 Å². The van der Waals surface area contributed by atoms with Crippen molar-refractivity contribution in [2.45, 2.75) is 17.0 Å². The standard InChI is InChI=1S/C26H27F2N3O5S/c1-35-11-18(12-36-2)29-14-31(30-8-7-21(32)25(33)24(30)26(29)34)23-19-9-16(27)4-3-15(19)13-37-22-6-5-17(28)10-20(22)23/h3-10,15,18-19,23,33H,11-14H2,1-2H3.